The van der Waals surface area contributed by atoms with Crippen LogP contribution in [0.1, 0.15) is 17.1 Å². The summed E-state index contributed by atoms with van der Waals surface area (Å²) in [4.78, 5) is 12.4. The van der Waals surface area contributed by atoms with Crippen LogP contribution < -0.4 is 5.56 Å². The summed E-state index contributed by atoms with van der Waals surface area (Å²) in [5.41, 5.74) is 3.23. The maximum Gasteiger partial charge on any atom is 0.276 e. The zero-order valence-corrected chi connectivity index (χ0v) is 13.0. The third kappa shape index (κ3) is 1.98. The van der Waals surface area contributed by atoms with E-state index in [-0.39, 0.29) is 5.56 Å². The van der Waals surface area contributed by atoms with Crippen LogP contribution in [0.4, 0.5) is 0 Å². The van der Waals surface area contributed by atoms with Crippen LogP contribution in [-0.2, 0) is 13.6 Å². The molecule has 0 unspecified atom stereocenters. The summed E-state index contributed by atoms with van der Waals surface area (Å²) >= 11 is 3.52. The van der Waals surface area contributed by atoms with E-state index in [1.807, 2.05) is 20.9 Å². The van der Waals surface area contributed by atoms with Crippen molar-refractivity contribution in [1.29, 1.82) is 0 Å². The quantitative estimate of drug-likeness (QED) is 0.715. The number of nitrogens with zero attached hydrogens (tertiary/aromatic N) is 5. The molecule has 0 spiro atoms. The van der Waals surface area contributed by atoms with E-state index in [1.165, 1.54) is 0 Å². The molecule has 3 heterocycles. The molecule has 0 radical (unpaired) electrons. The molecule has 0 fully saturated rings. The van der Waals surface area contributed by atoms with Crippen molar-refractivity contribution >= 4 is 21.4 Å². The first-order chi connectivity index (χ1) is 9.47. The second kappa shape index (κ2) is 4.59. The van der Waals surface area contributed by atoms with Crippen molar-refractivity contribution in [2.75, 3.05) is 0 Å². The fourth-order valence-corrected chi connectivity index (χ4v) is 2.75. The van der Waals surface area contributed by atoms with Crippen molar-refractivity contribution in [3.05, 3.63) is 50.4 Å². The number of aromatic nitrogens is 5. The van der Waals surface area contributed by atoms with E-state index in [2.05, 4.69) is 26.1 Å². The number of aryl methyl sites for hydroxylation is 3. The second-order valence-corrected chi connectivity index (χ2v) is 5.61. The van der Waals surface area contributed by atoms with Crippen molar-refractivity contribution < 1.29 is 0 Å². The molecule has 0 aliphatic rings. The fourth-order valence-electron chi connectivity index (χ4n) is 2.29. The molecule has 0 saturated heterocycles. The molecule has 0 aliphatic carbocycles. The maximum atomic E-state index is 12.4. The van der Waals surface area contributed by atoms with Gasteiger partial charge in [-0.1, -0.05) is 0 Å². The molecule has 104 valence electrons. The molecule has 0 bridgehead atoms. The Bertz CT molecular complexity index is 858. The van der Waals surface area contributed by atoms with E-state index in [9.17, 15) is 4.79 Å². The number of halogens is 1. The van der Waals surface area contributed by atoms with E-state index < -0.39 is 0 Å². The molecule has 0 aromatic carbocycles. The molecule has 7 heteroatoms. The van der Waals surface area contributed by atoms with Crippen LogP contribution in [0.5, 0.6) is 0 Å². The van der Waals surface area contributed by atoms with Gasteiger partial charge in [-0.15, -0.1) is 0 Å². The number of rotatable bonds is 2. The number of hydrogen-bond acceptors (Lipinski definition) is 3. The van der Waals surface area contributed by atoms with Gasteiger partial charge in [-0.25, -0.2) is 4.52 Å². The van der Waals surface area contributed by atoms with Gasteiger partial charge < -0.3 is 4.57 Å². The lowest BCUT2D eigenvalue weighted by Gasteiger charge is -2.07. The first-order valence-corrected chi connectivity index (χ1v) is 7.00. The van der Waals surface area contributed by atoms with Crippen LogP contribution in [0.15, 0.2) is 27.7 Å². The summed E-state index contributed by atoms with van der Waals surface area (Å²) in [5.74, 6) is 0. The monoisotopic (exact) mass is 335 g/mol. The van der Waals surface area contributed by atoms with Gasteiger partial charge in [0.05, 0.1) is 28.1 Å². The van der Waals surface area contributed by atoms with E-state index in [0.29, 0.717) is 12.1 Å². The second-order valence-electron chi connectivity index (χ2n) is 4.82. The van der Waals surface area contributed by atoms with E-state index in [0.717, 1.165) is 21.6 Å². The van der Waals surface area contributed by atoms with Crippen molar-refractivity contribution in [3.8, 4) is 0 Å². The summed E-state index contributed by atoms with van der Waals surface area (Å²) in [6.07, 6.45) is 3.54. The lowest BCUT2D eigenvalue weighted by atomic mass is 10.3. The van der Waals surface area contributed by atoms with Gasteiger partial charge in [-0.3, -0.25) is 9.48 Å². The largest absolute Gasteiger partial charge is 0.306 e. The van der Waals surface area contributed by atoms with Crippen molar-refractivity contribution in [1.82, 2.24) is 24.0 Å². The summed E-state index contributed by atoms with van der Waals surface area (Å²) in [6.45, 7) is 4.27. The highest BCUT2D eigenvalue weighted by atomic mass is 79.9. The maximum absolute atomic E-state index is 12.4. The lowest BCUT2D eigenvalue weighted by Crippen LogP contribution is -2.23. The summed E-state index contributed by atoms with van der Waals surface area (Å²) in [7, 11) is 1.87. The molecule has 0 N–H and O–H groups in total. The van der Waals surface area contributed by atoms with Gasteiger partial charge in [0.2, 0.25) is 0 Å². The van der Waals surface area contributed by atoms with Gasteiger partial charge in [-0.2, -0.15) is 10.2 Å². The minimum absolute atomic E-state index is 0.0566. The number of hydrogen-bond donors (Lipinski definition) is 0. The molecule has 0 atom stereocenters. The first kappa shape index (κ1) is 13.1. The highest BCUT2D eigenvalue weighted by Crippen LogP contribution is 2.20. The SMILES string of the molecule is Cc1cc2c(=O)n(Cc3c(Br)c(C)nn3C)ccn2n1. The molecular formula is C13H14BrN5O. The Kier molecular flexibility index (Phi) is 3.01. The Morgan fingerprint density at radius 3 is 2.65 bits per heavy atom. The summed E-state index contributed by atoms with van der Waals surface area (Å²) in [6, 6.07) is 1.79. The molecule has 0 amide bonds. The van der Waals surface area contributed by atoms with Gasteiger partial charge in [0.15, 0.2) is 0 Å². The van der Waals surface area contributed by atoms with Crippen LogP contribution in [0.3, 0.4) is 0 Å². The predicted octanol–water partition coefficient (Wildman–Crippen LogP) is 1.66. The van der Waals surface area contributed by atoms with Crippen LogP contribution >= 0.6 is 15.9 Å². The fraction of sp³-hybridized carbons (Fsp3) is 0.308. The third-order valence-corrected chi connectivity index (χ3v) is 4.34. The van der Waals surface area contributed by atoms with Gasteiger partial charge in [-0.05, 0) is 35.8 Å². The average Bonchev–Trinajstić information content (AvgIpc) is 2.88. The molecule has 3 rings (SSSR count). The molecule has 3 aromatic rings. The Labute approximate surface area is 123 Å². The zero-order valence-electron chi connectivity index (χ0n) is 11.5. The molecule has 0 saturated carbocycles. The standard InChI is InChI=1S/C13H14BrN5O/c1-8-6-10-13(20)18(4-5-19(10)15-8)7-11-12(14)9(2)16-17(11)3/h4-6H,7H2,1-3H3. The summed E-state index contributed by atoms with van der Waals surface area (Å²) < 4.78 is 6.00. The van der Waals surface area contributed by atoms with Gasteiger partial charge in [0.1, 0.15) is 5.52 Å². The molecular weight excluding hydrogens is 322 g/mol. The Balaban J connectivity index is 2.11. The van der Waals surface area contributed by atoms with Crippen molar-refractivity contribution in [3.63, 3.8) is 0 Å². The topological polar surface area (TPSA) is 57.1 Å². The van der Waals surface area contributed by atoms with Gasteiger partial charge >= 0.3 is 0 Å². The highest BCUT2D eigenvalue weighted by molar-refractivity contribution is 9.10. The van der Waals surface area contributed by atoms with Gasteiger partial charge in [0.25, 0.3) is 5.56 Å². The molecule has 20 heavy (non-hydrogen) atoms. The molecule has 0 aliphatic heterocycles. The smallest absolute Gasteiger partial charge is 0.276 e. The van der Waals surface area contributed by atoms with E-state index in [1.54, 1.807) is 32.2 Å². The van der Waals surface area contributed by atoms with Crippen LogP contribution in [-0.4, -0.2) is 24.0 Å². The minimum atomic E-state index is -0.0566. The minimum Gasteiger partial charge on any atom is -0.306 e. The Hall–Kier alpha value is -1.89. The van der Waals surface area contributed by atoms with E-state index >= 15 is 0 Å². The zero-order chi connectivity index (χ0) is 14.4. The van der Waals surface area contributed by atoms with Crippen LogP contribution in [0, 0.1) is 13.8 Å². The lowest BCUT2D eigenvalue weighted by molar-refractivity contribution is 0.646. The molecule has 6 nitrogen and oxygen atoms in total. The average molecular weight is 336 g/mol. The van der Waals surface area contributed by atoms with Gasteiger partial charge in [0, 0.05) is 19.4 Å². The van der Waals surface area contributed by atoms with Crippen LogP contribution in [0.2, 0.25) is 0 Å². The third-order valence-electron chi connectivity index (χ3n) is 3.31. The molecule has 3 aromatic heterocycles. The predicted molar refractivity (Wildman–Crippen MR) is 78.9 cm³/mol. The highest BCUT2D eigenvalue weighted by Gasteiger charge is 2.13. The number of fused-ring (bicyclic) bond motifs is 1. The Morgan fingerprint density at radius 1 is 1.25 bits per heavy atom. The van der Waals surface area contributed by atoms with E-state index in [4.69, 9.17) is 0 Å². The van der Waals surface area contributed by atoms with Crippen molar-refractivity contribution in [2.45, 2.75) is 20.4 Å². The van der Waals surface area contributed by atoms with Crippen molar-refractivity contribution in [2.24, 2.45) is 7.05 Å². The first-order valence-electron chi connectivity index (χ1n) is 6.21. The normalized spacial score (nSPS) is 11.4. The Morgan fingerprint density at radius 2 is 2.00 bits per heavy atom. The summed E-state index contributed by atoms with van der Waals surface area (Å²) in [5, 5.41) is 8.58. The van der Waals surface area contributed by atoms with Crippen LogP contribution in [0.25, 0.3) is 5.52 Å².